The summed E-state index contributed by atoms with van der Waals surface area (Å²) < 4.78 is 20.5. The van der Waals surface area contributed by atoms with Crippen molar-refractivity contribution < 1.29 is 49.6 Å². The van der Waals surface area contributed by atoms with Gasteiger partial charge in [0.15, 0.2) is 12.6 Å². The number of aliphatic hydroxyl groups excluding tert-OH is 6. The topological polar surface area (TPSA) is 170 Å². The van der Waals surface area contributed by atoms with Crippen molar-refractivity contribution in [3.8, 4) is 0 Å². The summed E-state index contributed by atoms with van der Waals surface area (Å²) >= 11 is 0. The molecule has 0 saturated carbocycles. The number of ether oxygens (including phenoxy) is 4. The Bertz CT molecular complexity index is 375. The molecule has 2 fully saturated rings. The number of methoxy groups -OCH3 is 2. The van der Waals surface area contributed by atoms with Gasteiger partial charge in [-0.05, 0) is 0 Å². The minimum Gasteiger partial charge on any atom is -0.388 e. The Balaban J connectivity index is 1.87. The van der Waals surface area contributed by atoms with E-state index in [4.69, 9.17) is 18.9 Å². The molecule has 0 amide bonds. The lowest BCUT2D eigenvalue weighted by atomic mass is 9.97. The van der Waals surface area contributed by atoms with E-state index in [0.29, 0.717) is 0 Å². The summed E-state index contributed by atoms with van der Waals surface area (Å²) in [5.74, 6) is 0. The maximum atomic E-state index is 9.96. The van der Waals surface area contributed by atoms with Gasteiger partial charge in [-0.15, -0.1) is 0 Å². The second-order valence-electron chi connectivity index (χ2n) is 6.16. The highest BCUT2D eigenvalue weighted by Gasteiger charge is 2.45. The summed E-state index contributed by atoms with van der Waals surface area (Å²) in [5, 5.41) is 61.8. The smallest absolute Gasteiger partial charge is 0.186 e. The third kappa shape index (κ3) is 4.46. The van der Waals surface area contributed by atoms with E-state index in [2.05, 4.69) is 5.32 Å². The quantitative estimate of drug-likeness (QED) is 0.241. The van der Waals surface area contributed by atoms with Crippen LogP contribution in [0.5, 0.6) is 0 Å². The fourth-order valence-corrected chi connectivity index (χ4v) is 2.93. The summed E-state index contributed by atoms with van der Waals surface area (Å²) in [5.41, 5.74) is 0. The highest BCUT2D eigenvalue weighted by molar-refractivity contribution is 4.92. The van der Waals surface area contributed by atoms with Gasteiger partial charge in [0.05, 0.1) is 0 Å². The van der Waals surface area contributed by atoms with Gasteiger partial charge in [-0.1, -0.05) is 0 Å². The number of aliphatic hydroxyl groups is 6. The van der Waals surface area contributed by atoms with E-state index in [9.17, 15) is 30.6 Å². The standard InChI is InChI=1S/C14H27NO10/c1-22-13-11(20)9(18)7(16)5(24-13)3-15-4-6-8(17)10(19)12(21)14(23-2)25-6/h5-21H,3-4H2,1-2H3/t5-,6-,7-,8-,9+,10+,11-,12-,13+,14+/m1/s1. The lowest BCUT2D eigenvalue weighted by Gasteiger charge is -2.41. The van der Waals surface area contributed by atoms with Crippen LogP contribution in [-0.2, 0) is 18.9 Å². The lowest BCUT2D eigenvalue weighted by molar-refractivity contribution is -0.292. The molecule has 0 bridgehead atoms. The minimum atomic E-state index is -1.43. The second kappa shape index (κ2) is 8.97. The third-order valence-corrected chi connectivity index (χ3v) is 4.49. The molecule has 0 aromatic carbocycles. The van der Waals surface area contributed by atoms with Gasteiger partial charge in [0.25, 0.3) is 0 Å². The van der Waals surface area contributed by atoms with Crippen molar-refractivity contribution in [2.24, 2.45) is 0 Å². The monoisotopic (exact) mass is 369 g/mol. The zero-order valence-electron chi connectivity index (χ0n) is 14.0. The van der Waals surface area contributed by atoms with Gasteiger partial charge in [0, 0.05) is 27.3 Å². The number of nitrogens with one attached hydrogen (secondary N) is 1. The molecule has 2 heterocycles. The maximum Gasteiger partial charge on any atom is 0.186 e. The molecule has 7 N–H and O–H groups in total. The van der Waals surface area contributed by atoms with Gasteiger partial charge in [-0.2, -0.15) is 0 Å². The number of hydrogen-bond donors (Lipinski definition) is 7. The van der Waals surface area contributed by atoms with Crippen LogP contribution in [-0.4, -0.2) is 119 Å². The normalized spacial score (nSPS) is 48.5. The van der Waals surface area contributed by atoms with E-state index in [1.54, 1.807) is 0 Å². The highest BCUT2D eigenvalue weighted by atomic mass is 16.7. The van der Waals surface area contributed by atoms with Crippen LogP contribution in [0.3, 0.4) is 0 Å². The molecule has 148 valence electrons. The predicted octanol–water partition coefficient (Wildman–Crippen LogP) is -4.52. The van der Waals surface area contributed by atoms with Crippen LogP contribution < -0.4 is 5.32 Å². The summed E-state index contributed by atoms with van der Waals surface area (Å²) in [4.78, 5) is 0. The van der Waals surface area contributed by atoms with Crippen molar-refractivity contribution in [3.05, 3.63) is 0 Å². The van der Waals surface area contributed by atoms with Crippen LogP contribution >= 0.6 is 0 Å². The molecule has 2 rings (SSSR count). The molecule has 0 radical (unpaired) electrons. The zero-order chi connectivity index (χ0) is 18.7. The van der Waals surface area contributed by atoms with Crippen molar-refractivity contribution >= 4 is 0 Å². The van der Waals surface area contributed by atoms with Crippen molar-refractivity contribution in [1.82, 2.24) is 5.32 Å². The fourth-order valence-electron chi connectivity index (χ4n) is 2.93. The van der Waals surface area contributed by atoms with E-state index in [1.807, 2.05) is 0 Å². The largest absolute Gasteiger partial charge is 0.388 e. The molecule has 2 aliphatic heterocycles. The number of hydrogen-bond acceptors (Lipinski definition) is 11. The van der Waals surface area contributed by atoms with Crippen LogP contribution in [0, 0.1) is 0 Å². The SMILES string of the molecule is CO[C@H]1O[C@H](CNC[C@H]2O[C@H](OC)[C@H](O)[C@@H](O)[C@@H]2O)[C@@H](O)[C@H](O)[C@H]1O. The van der Waals surface area contributed by atoms with Crippen molar-refractivity contribution in [3.63, 3.8) is 0 Å². The van der Waals surface area contributed by atoms with Crippen LogP contribution in [0.2, 0.25) is 0 Å². The van der Waals surface area contributed by atoms with Gasteiger partial charge in [0.1, 0.15) is 48.8 Å². The van der Waals surface area contributed by atoms with Crippen molar-refractivity contribution in [2.75, 3.05) is 27.3 Å². The number of rotatable bonds is 6. The van der Waals surface area contributed by atoms with Gasteiger partial charge in [-0.25, -0.2) is 0 Å². The first-order valence-corrected chi connectivity index (χ1v) is 7.97. The molecule has 2 saturated heterocycles. The van der Waals surface area contributed by atoms with Gasteiger partial charge in [-0.3, -0.25) is 0 Å². The Morgan fingerprint density at radius 1 is 0.640 bits per heavy atom. The van der Waals surface area contributed by atoms with Gasteiger partial charge in [0.2, 0.25) is 0 Å². The van der Waals surface area contributed by atoms with Gasteiger partial charge < -0.3 is 54.9 Å². The van der Waals surface area contributed by atoms with E-state index in [1.165, 1.54) is 14.2 Å². The van der Waals surface area contributed by atoms with Crippen LogP contribution in [0.15, 0.2) is 0 Å². The molecule has 0 aromatic heterocycles. The van der Waals surface area contributed by atoms with Crippen LogP contribution in [0.25, 0.3) is 0 Å². The molecule has 0 unspecified atom stereocenters. The van der Waals surface area contributed by atoms with Crippen molar-refractivity contribution in [1.29, 1.82) is 0 Å². The van der Waals surface area contributed by atoms with Gasteiger partial charge >= 0.3 is 0 Å². The molecule has 0 aromatic rings. The zero-order valence-corrected chi connectivity index (χ0v) is 14.0. The summed E-state index contributed by atoms with van der Waals surface area (Å²) in [6.07, 6.45) is -12.2. The fraction of sp³-hybridized carbons (Fsp3) is 1.00. The van der Waals surface area contributed by atoms with E-state index in [0.717, 1.165) is 0 Å². The first kappa shape index (κ1) is 20.9. The van der Waals surface area contributed by atoms with Crippen LogP contribution in [0.1, 0.15) is 0 Å². The summed E-state index contributed by atoms with van der Waals surface area (Å²) in [6, 6.07) is 0. The molecule has 11 heteroatoms. The average molecular weight is 369 g/mol. The molecular formula is C14H27NO10. The third-order valence-electron chi connectivity index (χ3n) is 4.49. The Labute approximate surface area is 144 Å². The van der Waals surface area contributed by atoms with E-state index >= 15 is 0 Å². The highest BCUT2D eigenvalue weighted by Crippen LogP contribution is 2.23. The molecule has 2 aliphatic rings. The Morgan fingerprint density at radius 3 is 1.32 bits per heavy atom. The lowest BCUT2D eigenvalue weighted by Crippen LogP contribution is -2.62. The predicted molar refractivity (Wildman–Crippen MR) is 80.3 cm³/mol. The Hall–Kier alpha value is -0.440. The molecule has 0 aliphatic carbocycles. The maximum absolute atomic E-state index is 9.96. The van der Waals surface area contributed by atoms with E-state index in [-0.39, 0.29) is 13.1 Å². The first-order chi connectivity index (χ1) is 11.8. The van der Waals surface area contributed by atoms with E-state index < -0.39 is 61.4 Å². The average Bonchev–Trinajstić information content (AvgIpc) is 2.61. The Kier molecular flexibility index (Phi) is 7.49. The van der Waals surface area contributed by atoms with Crippen LogP contribution in [0.4, 0.5) is 0 Å². The summed E-state index contributed by atoms with van der Waals surface area (Å²) in [7, 11) is 2.60. The molecular weight excluding hydrogens is 342 g/mol. The first-order valence-electron chi connectivity index (χ1n) is 7.97. The van der Waals surface area contributed by atoms with Crippen molar-refractivity contribution in [2.45, 2.75) is 61.4 Å². The summed E-state index contributed by atoms with van der Waals surface area (Å²) in [6.45, 7) is 0.0986. The molecule has 11 nitrogen and oxygen atoms in total. The Morgan fingerprint density at radius 2 is 1.00 bits per heavy atom. The second-order valence-corrected chi connectivity index (χ2v) is 6.16. The molecule has 25 heavy (non-hydrogen) atoms. The molecule has 0 spiro atoms. The molecule has 10 atom stereocenters. The minimum absolute atomic E-state index is 0.0493.